The Morgan fingerprint density at radius 2 is 2.18 bits per heavy atom. The molecule has 1 aromatic heterocycles. The zero-order valence-corrected chi connectivity index (χ0v) is 10.4. The molecule has 0 bridgehead atoms. The monoisotopic (exact) mass is 231 g/mol. The van der Waals surface area contributed by atoms with Crippen molar-refractivity contribution in [2.75, 3.05) is 7.11 Å². The second kappa shape index (κ2) is 4.62. The Labute approximate surface area is 101 Å². The third kappa shape index (κ3) is 1.93. The summed E-state index contributed by atoms with van der Waals surface area (Å²) in [7, 11) is 1.67. The molecule has 0 unspecified atom stereocenters. The molecular formula is C14H17NO2. The number of fused-ring (bicyclic) bond motifs is 1. The molecule has 2 rings (SSSR count). The van der Waals surface area contributed by atoms with Gasteiger partial charge in [0.1, 0.15) is 12.0 Å². The summed E-state index contributed by atoms with van der Waals surface area (Å²) in [5.41, 5.74) is 2.16. The van der Waals surface area contributed by atoms with Gasteiger partial charge in [0.15, 0.2) is 0 Å². The van der Waals surface area contributed by atoms with Crippen molar-refractivity contribution in [1.29, 1.82) is 0 Å². The van der Waals surface area contributed by atoms with Crippen molar-refractivity contribution in [3.63, 3.8) is 0 Å². The zero-order chi connectivity index (χ0) is 12.4. The van der Waals surface area contributed by atoms with Gasteiger partial charge in [-0.2, -0.15) is 0 Å². The third-order valence-corrected chi connectivity index (χ3v) is 2.95. The van der Waals surface area contributed by atoms with Crippen LogP contribution in [0, 0.1) is 0 Å². The predicted octanol–water partition coefficient (Wildman–Crippen LogP) is 2.97. The minimum Gasteiger partial charge on any atom is -0.496 e. The van der Waals surface area contributed by atoms with Crippen molar-refractivity contribution < 1.29 is 9.53 Å². The number of methoxy groups -OCH3 is 1. The summed E-state index contributed by atoms with van der Waals surface area (Å²) < 4.78 is 7.54. The molecule has 0 radical (unpaired) electrons. The van der Waals surface area contributed by atoms with Crippen LogP contribution in [0.25, 0.3) is 10.9 Å². The standard InChI is InChI=1S/C14H17NO2/c1-10(2)15-11(7-8-16)9-12-13(15)5-4-6-14(12)17-3/h4-6,8-10H,7H2,1-3H3. The van der Waals surface area contributed by atoms with Crippen LogP contribution < -0.4 is 4.74 Å². The van der Waals surface area contributed by atoms with E-state index >= 15 is 0 Å². The molecule has 0 aliphatic carbocycles. The van der Waals surface area contributed by atoms with Gasteiger partial charge in [-0.25, -0.2) is 0 Å². The number of aromatic nitrogens is 1. The van der Waals surface area contributed by atoms with Gasteiger partial charge in [-0.15, -0.1) is 0 Å². The molecule has 2 aromatic rings. The van der Waals surface area contributed by atoms with E-state index in [1.54, 1.807) is 7.11 Å². The Balaban J connectivity index is 2.73. The van der Waals surface area contributed by atoms with Crippen LogP contribution in [-0.2, 0) is 11.2 Å². The van der Waals surface area contributed by atoms with E-state index in [4.69, 9.17) is 4.74 Å². The van der Waals surface area contributed by atoms with E-state index in [0.717, 1.165) is 28.6 Å². The van der Waals surface area contributed by atoms with Crippen molar-refractivity contribution in [1.82, 2.24) is 4.57 Å². The average molecular weight is 231 g/mol. The first kappa shape index (κ1) is 11.7. The largest absolute Gasteiger partial charge is 0.496 e. The van der Waals surface area contributed by atoms with Crippen molar-refractivity contribution in [3.8, 4) is 5.75 Å². The molecule has 0 aliphatic heterocycles. The Kier molecular flexibility index (Phi) is 3.18. The highest BCUT2D eigenvalue weighted by Gasteiger charge is 2.13. The molecule has 3 heteroatoms. The Hall–Kier alpha value is -1.77. The lowest BCUT2D eigenvalue weighted by atomic mass is 10.2. The van der Waals surface area contributed by atoms with E-state index in [0.29, 0.717) is 12.5 Å². The van der Waals surface area contributed by atoms with Gasteiger partial charge in [0.25, 0.3) is 0 Å². The number of ether oxygens (including phenoxy) is 1. The maximum absolute atomic E-state index is 10.7. The molecule has 0 N–H and O–H groups in total. The molecule has 0 saturated heterocycles. The quantitative estimate of drug-likeness (QED) is 0.757. The molecular weight excluding hydrogens is 214 g/mol. The van der Waals surface area contributed by atoms with Crippen LogP contribution in [0.15, 0.2) is 24.3 Å². The van der Waals surface area contributed by atoms with Crippen LogP contribution in [0.4, 0.5) is 0 Å². The molecule has 0 spiro atoms. The summed E-state index contributed by atoms with van der Waals surface area (Å²) in [5, 5.41) is 1.07. The SMILES string of the molecule is COc1cccc2c1cc(CC=O)n2C(C)C. The Bertz CT molecular complexity index is 540. The van der Waals surface area contributed by atoms with Gasteiger partial charge in [-0.3, -0.25) is 0 Å². The van der Waals surface area contributed by atoms with Gasteiger partial charge in [0.05, 0.1) is 12.6 Å². The van der Waals surface area contributed by atoms with Crippen molar-refractivity contribution in [2.24, 2.45) is 0 Å². The Morgan fingerprint density at radius 1 is 1.41 bits per heavy atom. The van der Waals surface area contributed by atoms with Crippen LogP contribution >= 0.6 is 0 Å². The fourth-order valence-electron chi connectivity index (χ4n) is 2.31. The highest BCUT2D eigenvalue weighted by molar-refractivity contribution is 5.88. The number of carbonyl (C=O) groups excluding carboxylic acids is 1. The summed E-state index contributed by atoms with van der Waals surface area (Å²) in [4.78, 5) is 10.7. The maximum Gasteiger partial charge on any atom is 0.128 e. The first-order valence-corrected chi connectivity index (χ1v) is 5.79. The van der Waals surface area contributed by atoms with Crippen LogP contribution in [-0.4, -0.2) is 18.0 Å². The van der Waals surface area contributed by atoms with Gasteiger partial charge in [0.2, 0.25) is 0 Å². The molecule has 3 nitrogen and oxygen atoms in total. The predicted molar refractivity (Wildman–Crippen MR) is 68.6 cm³/mol. The summed E-state index contributed by atoms with van der Waals surface area (Å²) in [6.07, 6.45) is 1.38. The second-order valence-corrected chi connectivity index (χ2v) is 4.36. The zero-order valence-electron chi connectivity index (χ0n) is 10.4. The van der Waals surface area contributed by atoms with E-state index < -0.39 is 0 Å². The first-order chi connectivity index (χ1) is 8.19. The lowest BCUT2D eigenvalue weighted by molar-refractivity contribution is -0.107. The topological polar surface area (TPSA) is 31.2 Å². The van der Waals surface area contributed by atoms with E-state index in [9.17, 15) is 4.79 Å². The molecule has 0 fully saturated rings. The lowest BCUT2D eigenvalue weighted by Crippen LogP contribution is -2.05. The van der Waals surface area contributed by atoms with E-state index in [-0.39, 0.29) is 0 Å². The van der Waals surface area contributed by atoms with Crippen molar-refractivity contribution in [3.05, 3.63) is 30.0 Å². The third-order valence-electron chi connectivity index (χ3n) is 2.95. The van der Waals surface area contributed by atoms with Gasteiger partial charge >= 0.3 is 0 Å². The van der Waals surface area contributed by atoms with E-state index in [1.807, 2.05) is 18.2 Å². The van der Waals surface area contributed by atoms with Gasteiger partial charge < -0.3 is 14.1 Å². The Morgan fingerprint density at radius 3 is 2.76 bits per heavy atom. The van der Waals surface area contributed by atoms with Crippen LogP contribution in [0.2, 0.25) is 0 Å². The number of aldehydes is 1. The smallest absolute Gasteiger partial charge is 0.128 e. The van der Waals surface area contributed by atoms with Crippen LogP contribution in [0.1, 0.15) is 25.6 Å². The number of hydrogen-bond acceptors (Lipinski definition) is 2. The summed E-state index contributed by atoms with van der Waals surface area (Å²) in [6, 6.07) is 8.35. The fourth-order valence-corrected chi connectivity index (χ4v) is 2.31. The second-order valence-electron chi connectivity index (χ2n) is 4.36. The normalized spacial score (nSPS) is 11.1. The first-order valence-electron chi connectivity index (χ1n) is 5.79. The van der Waals surface area contributed by atoms with Crippen LogP contribution in [0.5, 0.6) is 5.75 Å². The molecule has 0 atom stereocenters. The van der Waals surface area contributed by atoms with Gasteiger partial charge in [0, 0.05) is 23.5 Å². The minimum absolute atomic E-state index is 0.328. The molecule has 0 aliphatic rings. The van der Waals surface area contributed by atoms with Gasteiger partial charge in [-0.1, -0.05) is 6.07 Å². The molecule has 0 saturated carbocycles. The highest BCUT2D eigenvalue weighted by atomic mass is 16.5. The van der Waals surface area contributed by atoms with E-state index in [2.05, 4.69) is 24.5 Å². The van der Waals surface area contributed by atoms with Gasteiger partial charge in [-0.05, 0) is 32.0 Å². The average Bonchev–Trinajstić information content (AvgIpc) is 2.67. The maximum atomic E-state index is 10.7. The molecule has 1 heterocycles. The van der Waals surface area contributed by atoms with Crippen molar-refractivity contribution >= 4 is 17.2 Å². The lowest BCUT2D eigenvalue weighted by Gasteiger charge is -2.13. The van der Waals surface area contributed by atoms with Crippen LogP contribution in [0.3, 0.4) is 0 Å². The number of rotatable bonds is 4. The minimum atomic E-state index is 0.328. The fraction of sp³-hybridized carbons (Fsp3) is 0.357. The molecule has 90 valence electrons. The highest BCUT2D eigenvalue weighted by Crippen LogP contribution is 2.31. The number of benzene rings is 1. The summed E-state index contributed by atoms with van der Waals surface area (Å²) in [5.74, 6) is 0.856. The summed E-state index contributed by atoms with van der Waals surface area (Å²) >= 11 is 0. The number of hydrogen-bond donors (Lipinski definition) is 0. The molecule has 17 heavy (non-hydrogen) atoms. The number of nitrogens with zero attached hydrogens (tertiary/aromatic N) is 1. The molecule has 0 amide bonds. The molecule has 1 aromatic carbocycles. The van der Waals surface area contributed by atoms with Crippen molar-refractivity contribution in [2.45, 2.75) is 26.3 Å². The van der Waals surface area contributed by atoms with E-state index in [1.165, 1.54) is 0 Å². The number of carbonyl (C=O) groups is 1. The summed E-state index contributed by atoms with van der Waals surface area (Å²) in [6.45, 7) is 4.24.